The third kappa shape index (κ3) is 3.20. The zero-order valence-corrected chi connectivity index (χ0v) is 9.09. The lowest BCUT2D eigenvalue weighted by atomic mass is 10.4. The van der Waals surface area contributed by atoms with Gasteiger partial charge in [-0.2, -0.15) is 4.98 Å². The van der Waals surface area contributed by atoms with Gasteiger partial charge in [-0.3, -0.25) is 0 Å². The van der Waals surface area contributed by atoms with Crippen molar-refractivity contribution in [2.24, 2.45) is 0 Å². The predicted molar refractivity (Wildman–Crippen MR) is 59.7 cm³/mol. The van der Waals surface area contributed by atoms with Gasteiger partial charge in [0.1, 0.15) is 5.82 Å². The highest BCUT2D eigenvalue weighted by Gasteiger charge is 1.99. The Morgan fingerprint density at radius 2 is 2.00 bits per heavy atom. The maximum atomic E-state index is 4.33. The van der Waals surface area contributed by atoms with Crippen molar-refractivity contribution in [1.29, 1.82) is 0 Å². The summed E-state index contributed by atoms with van der Waals surface area (Å²) in [5, 5.41) is 6.35. The number of nitrogens with zero attached hydrogens (tertiary/aromatic N) is 2. The van der Waals surface area contributed by atoms with E-state index >= 15 is 0 Å². The largest absolute Gasteiger partial charge is 0.370 e. The molecule has 0 radical (unpaired) electrons. The predicted octanol–water partition coefficient (Wildman–Crippen LogP) is 2.04. The zero-order valence-electron chi connectivity index (χ0n) is 9.09. The third-order valence-electron chi connectivity index (χ3n) is 1.75. The summed E-state index contributed by atoms with van der Waals surface area (Å²) in [4.78, 5) is 8.62. The summed E-state index contributed by atoms with van der Waals surface area (Å²) in [5.74, 6) is 1.60. The van der Waals surface area contributed by atoms with Crippen LogP contribution in [0.2, 0.25) is 0 Å². The molecule has 1 heterocycles. The van der Waals surface area contributed by atoms with E-state index in [0.29, 0.717) is 5.95 Å². The van der Waals surface area contributed by atoms with Crippen LogP contribution in [0.5, 0.6) is 0 Å². The van der Waals surface area contributed by atoms with E-state index in [2.05, 4.69) is 34.4 Å². The van der Waals surface area contributed by atoms with Crippen LogP contribution in [-0.4, -0.2) is 23.1 Å². The Bertz CT molecular complexity index is 285. The molecule has 0 aromatic carbocycles. The Balaban J connectivity index is 2.73. The fourth-order valence-corrected chi connectivity index (χ4v) is 1.16. The second kappa shape index (κ2) is 5.42. The lowest BCUT2D eigenvalue weighted by molar-refractivity contribution is 0.945. The molecule has 2 N–H and O–H groups in total. The van der Waals surface area contributed by atoms with E-state index in [1.54, 1.807) is 0 Å². The summed E-state index contributed by atoms with van der Waals surface area (Å²) in [6.45, 7) is 7.93. The van der Waals surface area contributed by atoms with Crippen LogP contribution < -0.4 is 10.6 Å². The summed E-state index contributed by atoms with van der Waals surface area (Å²) in [6.07, 6.45) is 1.08. The number of aromatic nitrogens is 2. The molecule has 0 saturated heterocycles. The molecule has 0 spiro atoms. The van der Waals surface area contributed by atoms with Gasteiger partial charge in [-0.1, -0.05) is 6.92 Å². The van der Waals surface area contributed by atoms with Crippen molar-refractivity contribution in [1.82, 2.24) is 9.97 Å². The highest BCUT2D eigenvalue weighted by molar-refractivity contribution is 5.41. The van der Waals surface area contributed by atoms with Gasteiger partial charge in [0.15, 0.2) is 0 Å². The van der Waals surface area contributed by atoms with Crippen LogP contribution in [-0.2, 0) is 0 Å². The topological polar surface area (TPSA) is 49.8 Å². The first kappa shape index (κ1) is 10.8. The molecule has 0 atom stereocenters. The first-order valence-electron chi connectivity index (χ1n) is 5.09. The van der Waals surface area contributed by atoms with Gasteiger partial charge < -0.3 is 10.6 Å². The van der Waals surface area contributed by atoms with E-state index in [0.717, 1.165) is 31.0 Å². The second-order valence-electron chi connectivity index (χ2n) is 3.18. The monoisotopic (exact) mass is 194 g/mol. The van der Waals surface area contributed by atoms with Gasteiger partial charge in [0.25, 0.3) is 0 Å². The standard InChI is InChI=1S/C10H18N4/c1-4-6-12-10-13-8(3)7-9(14-10)11-5-2/h7H,4-6H2,1-3H3,(H2,11,12,13,14). The van der Waals surface area contributed by atoms with Gasteiger partial charge in [-0.15, -0.1) is 0 Å². The summed E-state index contributed by atoms with van der Waals surface area (Å²) >= 11 is 0. The minimum absolute atomic E-state index is 0.711. The SMILES string of the molecule is CCCNc1nc(C)cc(NCC)n1. The highest BCUT2D eigenvalue weighted by Crippen LogP contribution is 2.08. The Hall–Kier alpha value is -1.32. The van der Waals surface area contributed by atoms with Crippen LogP contribution in [0, 0.1) is 6.92 Å². The van der Waals surface area contributed by atoms with Gasteiger partial charge in [-0.25, -0.2) is 4.98 Å². The number of rotatable bonds is 5. The van der Waals surface area contributed by atoms with Crippen molar-refractivity contribution in [3.63, 3.8) is 0 Å². The lowest BCUT2D eigenvalue weighted by Gasteiger charge is -2.07. The molecular weight excluding hydrogens is 176 g/mol. The quantitative estimate of drug-likeness (QED) is 0.753. The summed E-state index contributed by atoms with van der Waals surface area (Å²) in [5.41, 5.74) is 0.981. The summed E-state index contributed by atoms with van der Waals surface area (Å²) in [7, 11) is 0. The van der Waals surface area contributed by atoms with Crippen LogP contribution in [0.15, 0.2) is 6.07 Å². The normalized spacial score (nSPS) is 9.93. The zero-order chi connectivity index (χ0) is 10.4. The van der Waals surface area contributed by atoms with Crippen LogP contribution in [0.1, 0.15) is 26.0 Å². The lowest BCUT2D eigenvalue weighted by Crippen LogP contribution is -2.08. The van der Waals surface area contributed by atoms with Crippen LogP contribution in [0.4, 0.5) is 11.8 Å². The van der Waals surface area contributed by atoms with Gasteiger partial charge in [0.2, 0.25) is 5.95 Å². The van der Waals surface area contributed by atoms with Gasteiger partial charge in [-0.05, 0) is 20.3 Å². The van der Waals surface area contributed by atoms with E-state index in [1.807, 2.05) is 13.0 Å². The number of aryl methyl sites for hydroxylation is 1. The van der Waals surface area contributed by atoms with Crippen LogP contribution in [0.25, 0.3) is 0 Å². The number of hydrogen-bond acceptors (Lipinski definition) is 4. The average molecular weight is 194 g/mol. The smallest absolute Gasteiger partial charge is 0.224 e. The van der Waals surface area contributed by atoms with Crippen LogP contribution >= 0.6 is 0 Å². The van der Waals surface area contributed by atoms with Crippen molar-refractivity contribution in [3.8, 4) is 0 Å². The molecule has 1 rings (SSSR count). The van der Waals surface area contributed by atoms with E-state index in [1.165, 1.54) is 0 Å². The van der Waals surface area contributed by atoms with Crippen molar-refractivity contribution in [2.45, 2.75) is 27.2 Å². The fraction of sp³-hybridized carbons (Fsp3) is 0.600. The van der Waals surface area contributed by atoms with Crippen molar-refractivity contribution < 1.29 is 0 Å². The maximum absolute atomic E-state index is 4.33. The molecule has 1 aromatic rings. The molecule has 0 fully saturated rings. The van der Waals surface area contributed by atoms with Crippen LogP contribution in [0.3, 0.4) is 0 Å². The molecule has 78 valence electrons. The molecule has 14 heavy (non-hydrogen) atoms. The second-order valence-corrected chi connectivity index (χ2v) is 3.18. The molecule has 4 heteroatoms. The molecule has 0 unspecified atom stereocenters. The molecule has 0 amide bonds. The summed E-state index contributed by atoms with van der Waals surface area (Å²) in [6, 6.07) is 1.95. The Morgan fingerprint density at radius 3 is 2.64 bits per heavy atom. The van der Waals surface area contributed by atoms with Gasteiger partial charge >= 0.3 is 0 Å². The number of nitrogens with one attached hydrogen (secondary N) is 2. The van der Waals surface area contributed by atoms with E-state index in [4.69, 9.17) is 0 Å². The Morgan fingerprint density at radius 1 is 1.21 bits per heavy atom. The van der Waals surface area contributed by atoms with Crippen molar-refractivity contribution in [2.75, 3.05) is 23.7 Å². The van der Waals surface area contributed by atoms with E-state index in [9.17, 15) is 0 Å². The molecular formula is C10H18N4. The molecule has 1 aromatic heterocycles. The average Bonchev–Trinajstić information content (AvgIpc) is 2.14. The molecule has 0 bridgehead atoms. The fourth-order valence-electron chi connectivity index (χ4n) is 1.16. The number of hydrogen-bond donors (Lipinski definition) is 2. The van der Waals surface area contributed by atoms with E-state index in [-0.39, 0.29) is 0 Å². The van der Waals surface area contributed by atoms with E-state index < -0.39 is 0 Å². The van der Waals surface area contributed by atoms with Crippen molar-refractivity contribution in [3.05, 3.63) is 11.8 Å². The molecule has 0 saturated carbocycles. The van der Waals surface area contributed by atoms with Gasteiger partial charge in [0, 0.05) is 24.8 Å². The number of anilines is 2. The highest BCUT2D eigenvalue weighted by atomic mass is 15.1. The third-order valence-corrected chi connectivity index (χ3v) is 1.75. The van der Waals surface area contributed by atoms with Gasteiger partial charge in [0.05, 0.1) is 0 Å². The summed E-state index contributed by atoms with van der Waals surface area (Å²) < 4.78 is 0. The van der Waals surface area contributed by atoms with Crippen molar-refractivity contribution >= 4 is 11.8 Å². The molecule has 0 aliphatic heterocycles. The first-order valence-corrected chi connectivity index (χ1v) is 5.09. The minimum Gasteiger partial charge on any atom is -0.370 e. The molecule has 0 aliphatic rings. The molecule has 4 nitrogen and oxygen atoms in total. The Kier molecular flexibility index (Phi) is 4.16. The maximum Gasteiger partial charge on any atom is 0.224 e. The Labute approximate surface area is 85.2 Å². The minimum atomic E-state index is 0.711. The molecule has 0 aliphatic carbocycles. The first-order chi connectivity index (χ1) is 6.76.